The summed E-state index contributed by atoms with van der Waals surface area (Å²) in [7, 11) is 0. The molecule has 0 atom stereocenters. The van der Waals surface area contributed by atoms with Crippen molar-refractivity contribution in [1.29, 1.82) is 0 Å². The molecule has 5 heteroatoms. The highest BCUT2D eigenvalue weighted by atomic mass is 79.9. The number of hydrogen-bond donors (Lipinski definition) is 2. The molecule has 2 aromatic carbocycles. The number of carbonyl (C=O) groups excluding carboxylic acids is 1. The SMILES string of the molecule is Cc1cccc(OCCNC(=O)Nc2ccc(C)cc2Br)c1. The highest BCUT2D eigenvalue weighted by Crippen LogP contribution is 2.23. The molecule has 2 amide bonds. The van der Waals surface area contributed by atoms with Gasteiger partial charge in [0, 0.05) is 4.47 Å². The minimum absolute atomic E-state index is 0.252. The molecular weight excluding hydrogens is 344 g/mol. The number of aryl methyl sites for hydroxylation is 2. The molecule has 0 saturated heterocycles. The molecule has 2 N–H and O–H groups in total. The molecule has 0 aliphatic rings. The van der Waals surface area contributed by atoms with Crippen LogP contribution in [-0.4, -0.2) is 19.2 Å². The van der Waals surface area contributed by atoms with Gasteiger partial charge in [-0.15, -0.1) is 0 Å². The van der Waals surface area contributed by atoms with Crippen molar-refractivity contribution in [2.45, 2.75) is 13.8 Å². The van der Waals surface area contributed by atoms with Gasteiger partial charge in [-0.1, -0.05) is 18.2 Å². The summed E-state index contributed by atoms with van der Waals surface area (Å²) in [6.45, 7) is 4.87. The largest absolute Gasteiger partial charge is 0.492 e. The molecule has 0 heterocycles. The van der Waals surface area contributed by atoms with Crippen molar-refractivity contribution < 1.29 is 9.53 Å². The van der Waals surface area contributed by atoms with Crippen molar-refractivity contribution in [3.63, 3.8) is 0 Å². The van der Waals surface area contributed by atoms with Gasteiger partial charge >= 0.3 is 6.03 Å². The smallest absolute Gasteiger partial charge is 0.319 e. The highest BCUT2D eigenvalue weighted by Gasteiger charge is 2.05. The van der Waals surface area contributed by atoms with Gasteiger partial charge in [-0.05, 0) is 65.2 Å². The molecule has 0 unspecified atom stereocenters. The number of benzene rings is 2. The summed E-state index contributed by atoms with van der Waals surface area (Å²) in [6, 6.07) is 13.3. The van der Waals surface area contributed by atoms with Crippen LogP contribution in [-0.2, 0) is 0 Å². The molecule has 2 rings (SSSR count). The maximum atomic E-state index is 11.8. The number of urea groups is 1. The van der Waals surface area contributed by atoms with Crippen LogP contribution in [0, 0.1) is 13.8 Å². The van der Waals surface area contributed by atoms with Crippen molar-refractivity contribution in [3.05, 3.63) is 58.1 Å². The molecule has 0 aromatic heterocycles. The maximum absolute atomic E-state index is 11.8. The zero-order valence-corrected chi connectivity index (χ0v) is 14.2. The van der Waals surface area contributed by atoms with E-state index in [1.54, 1.807) is 0 Å². The van der Waals surface area contributed by atoms with E-state index < -0.39 is 0 Å². The van der Waals surface area contributed by atoms with Crippen LogP contribution in [0.3, 0.4) is 0 Å². The fourth-order valence-corrected chi connectivity index (χ4v) is 2.52. The lowest BCUT2D eigenvalue weighted by Crippen LogP contribution is -2.32. The van der Waals surface area contributed by atoms with E-state index in [4.69, 9.17) is 4.74 Å². The Morgan fingerprint density at radius 1 is 1.14 bits per heavy atom. The fraction of sp³-hybridized carbons (Fsp3) is 0.235. The maximum Gasteiger partial charge on any atom is 0.319 e. The summed E-state index contributed by atoms with van der Waals surface area (Å²) in [5.41, 5.74) is 3.01. The number of carbonyl (C=O) groups is 1. The van der Waals surface area contributed by atoms with E-state index in [0.29, 0.717) is 13.2 Å². The van der Waals surface area contributed by atoms with Gasteiger partial charge in [0.2, 0.25) is 0 Å². The Hall–Kier alpha value is -2.01. The monoisotopic (exact) mass is 362 g/mol. The van der Waals surface area contributed by atoms with Crippen LogP contribution in [0.5, 0.6) is 5.75 Å². The van der Waals surface area contributed by atoms with E-state index >= 15 is 0 Å². The van der Waals surface area contributed by atoms with E-state index in [2.05, 4.69) is 26.6 Å². The average molecular weight is 363 g/mol. The lowest BCUT2D eigenvalue weighted by atomic mass is 10.2. The summed E-state index contributed by atoms with van der Waals surface area (Å²) in [6.07, 6.45) is 0. The zero-order valence-electron chi connectivity index (χ0n) is 12.7. The lowest BCUT2D eigenvalue weighted by molar-refractivity contribution is 0.247. The van der Waals surface area contributed by atoms with Gasteiger partial charge in [-0.2, -0.15) is 0 Å². The van der Waals surface area contributed by atoms with Gasteiger partial charge in [0.1, 0.15) is 12.4 Å². The van der Waals surface area contributed by atoms with Crippen molar-refractivity contribution in [2.24, 2.45) is 0 Å². The molecule has 2 aromatic rings. The van der Waals surface area contributed by atoms with Gasteiger partial charge < -0.3 is 15.4 Å². The van der Waals surface area contributed by atoms with Crippen LogP contribution < -0.4 is 15.4 Å². The van der Waals surface area contributed by atoms with Crippen molar-refractivity contribution in [1.82, 2.24) is 5.32 Å². The molecule has 0 aliphatic heterocycles. The zero-order chi connectivity index (χ0) is 15.9. The third-order valence-electron chi connectivity index (χ3n) is 3.02. The van der Waals surface area contributed by atoms with Crippen LogP contribution >= 0.6 is 15.9 Å². The Morgan fingerprint density at radius 3 is 2.64 bits per heavy atom. The number of nitrogens with one attached hydrogen (secondary N) is 2. The van der Waals surface area contributed by atoms with Crippen molar-refractivity contribution >= 4 is 27.6 Å². The number of amides is 2. The molecule has 0 aliphatic carbocycles. The third-order valence-corrected chi connectivity index (χ3v) is 3.67. The number of ether oxygens (including phenoxy) is 1. The minimum Gasteiger partial charge on any atom is -0.492 e. The van der Waals surface area contributed by atoms with Crippen molar-refractivity contribution in [2.75, 3.05) is 18.5 Å². The van der Waals surface area contributed by atoms with Gasteiger partial charge in [0.15, 0.2) is 0 Å². The Bertz CT molecular complexity index is 659. The van der Waals surface area contributed by atoms with E-state index in [9.17, 15) is 4.79 Å². The van der Waals surface area contributed by atoms with Gasteiger partial charge in [0.05, 0.1) is 12.2 Å². The Kier molecular flexibility index (Phi) is 5.83. The highest BCUT2D eigenvalue weighted by molar-refractivity contribution is 9.10. The van der Waals surface area contributed by atoms with Crippen LogP contribution in [0.2, 0.25) is 0 Å². The standard InChI is InChI=1S/C17H19BrN2O2/c1-12-4-3-5-14(10-12)22-9-8-19-17(21)20-16-7-6-13(2)11-15(16)18/h3-7,10-11H,8-9H2,1-2H3,(H2,19,20,21). The van der Waals surface area contributed by atoms with Gasteiger partial charge in [-0.25, -0.2) is 4.79 Å². The molecular formula is C17H19BrN2O2. The van der Waals surface area contributed by atoms with E-state index in [0.717, 1.165) is 27.0 Å². The Labute approximate surface area is 139 Å². The second-order valence-electron chi connectivity index (χ2n) is 5.03. The number of anilines is 1. The first-order chi connectivity index (χ1) is 10.5. The Morgan fingerprint density at radius 2 is 1.91 bits per heavy atom. The van der Waals surface area contributed by atoms with Gasteiger partial charge in [0.25, 0.3) is 0 Å². The lowest BCUT2D eigenvalue weighted by Gasteiger charge is -2.10. The van der Waals surface area contributed by atoms with Crippen LogP contribution in [0.25, 0.3) is 0 Å². The molecule has 4 nitrogen and oxygen atoms in total. The first-order valence-electron chi connectivity index (χ1n) is 7.05. The van der Waals surface area contributed by atoms with Crippen LogP contribution in [0.4, 0.5) is 10.5 Å². The molecule has 22 heavy (non-hydrogen) atoms. The predicted molar refractivity (Wildman–Crippen MR) is 92.6 cm³/mol. The van der Waals surface area contributed by atoms with E-state index in [1.807, 2.05) is 56.3 Å². The topological polar surface area (TPSA) is 50.4 Å². The fourth-order valence-electron chi connectivity index (χ4n) is 1.93. The molecule has 0 saturated carbocycles. The minimum atomic E-state index is -0.252. The molecule has 0 radical (unpaired) electrons. The van der Waals surface area contributed by atoms with Crippen molar-refractivity contribution in [3.8, 4) is 5.75 Å². The quantitative estimate of drug-likeness (QED) is 0.780. The Balaban J connectivity index is 1.74. The number of hydrogen-bond acceptors (Lipinski definition) is 2. The summed E-state index contributed by atoms with van der Waals surface area (Å²) in [5, 5.41) is 5.55. The normalized spacial score (nSPS) is 10.1. The molecule has 116 valence electrons. The molecule has 0 spiro atoms. The molecule has 0 fully saturated rings. The van der Waals surface area contributed by atoms with Crippen LogP contribution in [0.1, 0.15) is 11.1 Å². The van der Waals surface area contributed by atoms with E-state index in [-0.39, 0.29) is 6.03 Å². The summed E-state index contributed by atoms with van der Waals surface area (Å²) in [4.78, 5) is 11.8. The first-order valence-corrected chi connectivity index (χ1v) is 7.84. The summed E-state index contributed by atoms with van der Waals surface area (Å²) < 4.78 is 6.44. The first kappa shape index (κ1) is 16.4. The summed E-state index contributed by atoms with van der Waals surface area (Å²) >= 11 is 3.43. The number of rotatable bonds is 5. The van der Waals surface area contributed by atoms with Crippen LogP contribution in [0.15, 0.2) is 46.9 Å². The second kappa shape index (κ2) is 7.84. The third kappa shape index (κ3) is 5.07. The second-order valence-corrected chi connectivity index (χ2v) is 5.88. The summed E-state index contributed by atoms with van der Waals surface area (Å²) in [5.74, 6) is 0.809. The van der Waals surface area contributed by atoms with E-state index in [1.165, 1.54) is 0 Å². The predicted octanol–water partition coefficient (Wildman–Crippen LogP) is 4.27. The molecule has 0 bridgehead atoms. The number of halogens is 1. The average Bonchev–Trinajstić information content (AvgIpc) is 2.47. The van der Waals surface area contributed by atoms with Gasteiger partial charge in [-0.3, -0.25) is 0 Å².